The molecule has 0 bridgehead atoms. The van der Waals surface area contributed by atoms with Crippen LogP contribution < -0.4 is 9.64 Å². The predicted octanol–water partition coefficient (Wildman–Crippen LogP) is 2.89. The second-order valence-electron chi connectivity index (χ2n) is 7.48. The lowest BCUT2D eigenvalue weighted by atomic mass is 10.1. The molecule has 0 aliphatic carbocycles. The van der Waals surface area contributed by atoms with Gasteiger partial charge in [0.1, 0.15) is 0 Å². The lowest BCUT2D eigenvalue weighted by molar-refractivity contribution is -0.194. The highest BCUT2D eigenvalue weighted by Crippen LogP contribution is 2.42. The smallest absolute Gasteiger partial charge is 0.414 e. The summed E-state index contributed by atoms with van der Waals surface area (Å²) in [6.07, 6.45) is 1.88. The van der Waals surface area contributed by atoms with Crippen molar-refractivity contribution in [1.82, 2.24) is 4.90 Å². The van der Waals surface area contributed by atoms with E-state index in [0.29, 0.717) is 19.4 Å². The molecule has 9 nitrogen and oxygen atoms in total. The normalized spacial score (nSPS) is 26.5. The van der Waals surface area contributed by atoms with Crippen molar-refractivity contribution in [3.63, 3.8) is 0 Å². The lowest BCUT2D eigenvalue weighted by Crippen LogP contribution is -2.53. The number of rotatable bonds is 3. The molecular weight excluding hydrogens is 380 g/mol. The number of carboxylic acid groups (broad SMARTS) is 1. The molecule has 2 unspecified atom stereocenters. The van der Waals surface area contributed by atoms with E-state index in [1.807, 2.05) is 6.92 Å². The van der Waals surface area contributed by atoms with E-state index in [9.17, 15) is 19.8 Å². The number of hydrogen-bond acceptors (Lipinski definition) is 6. The van der Waals surface area contributed by atoms with Crippen molar-refractivity contribution in [3.8, 4) is 11.5 Å². The van der Waals surface area contributed by atoms with Gasteiger partial charge < -0.3 is 29.3 Å². The van der Waals surface area contributed by atoms with Gasteiger partial charge in [-0.1, -0.05) is 5.57 Å². The molecule has 1 saturated heterocycles. The Kier molecular flexibility index (Phi) is 5.10. The van der Waals surface area contributed by atoms with E-state index < -0.39 is 24.7 Å². The van der Waals surface area contributed by atoms with Crippen LogP contribution in [0.2, 0.25) is 0 Å². The maximum absolute atomic E-state index is 13.3. The zero-order valence-electron chi connectivity index (χ0n) is 16.3. The van der Waals surface area contributed by atoms with Crippen molar-refractivity contribution < 1.29 is 34.0 Å². The van der Waals surface area contributed by atoms with Gasteiger partial charge in [-0.3, -0.25) is 4.79 Å². The minimum Gasteiger partial charge on any atom is -0.504 e. The molecule has 156 valence electrons. The Bertz CT molecular complexity index is 863. The molecule has 1 aromatic rings. The number of carbonyl (C=O) groups is 2. The van der Waals surface area contributed by atoms with Crippen molar-refractivity contribution in [1.29, 1.82) is 0 Å². The fourth-order valence-corrected chi connectivity index (χ4v) is 4.14. The van der Waals surface area contributed by atoms with Crippen LogP contribution in [-0.4, -0.2) is 59.4 Å². The lowest BCUT2D eigenvalue weighted by Gasteiger charge is -2.37. The van der Waals surface area contributed by atoms with Crippen LogP contribution in [0.25, 0.3) is 0 Å². The van der Waals surface area contributed by atoms with E-state index >= 15 is 0 Å². The van der Waals surface area contributed by atoms with Crippen LogP contribution in [0.15, 0.2) is 23.9 Å². The van der Waals surface area contributed by atoms with Crippen LogP contribution in [0.5, 0.6) is 11.5 Å². The Balaban J connectivity index is 1.84. The highest BCUT2D eigenvalue weighted by atomic mass is 16.7. The number of phenolic OH excluding ortho intramolecular Hbond substituents is 1. The Morgan fingerprint density at radius 3 is 2.76 bits per heavy atom. The summed E-state index contributed by atoms with van der Waals surface area (Å²) in [5.74, 6) is -0.539. The Morgan fingerprint density at radius 2 is 2.10 bits per heavy atom. The Hall–Kier alpha value is -2.78. The van der Waals surface area contributed by atoms with Crippen LogP contribution >= 0.6 is 0 Å². The zero-order chi connectivity index (χ0) is 20.7. The van der Waals surface area contributed by atoms with Crippen LogP contribution in [0.1, 0.15) is 43.0 Å². The quantitative estimate of drug-likeness (QED) is 0.797. The van der Waals surface area contributed by atoms with Crippen molar-refractivity contribution in [3.05, 3.63) is 29.5 Å². The number of fused-ring (bicyclic) bond motifs is 2. The minimum absolute atomic E-state index is 0.0575. The van der Waals surface area contributed by atoms with E-state index in [1.54, 1.807) is 6.20 Å². The SMILES string of the molecule is COc1cc2c(cc1O)N(C(=O)O)C(OC1CCCCO1)[C@@H]1CC(C)=CN1C2=O. The predicted molar refractivity (Wildman–Crippen MR) is 102 cm³/mol. The number of aromatic hydroxyl groups is 1. The first kappa shape index (κ1) is 19.5. The fraction of sp³-hybridized carbons (Fsp3) is 0.500. The third-order valence-electron chi connectivity index (χ3n) is 5.49. The number of hydrogen-bond donors (Lipinski definition) is 2. The van der Waals surface area contributed by atoms with Gasteiger partial charge >= 0.3 is 6.09 Å². The summed E-state index contributed by atoms with van der Waals surface area (Å²) in [7, 11) is 1.37. The molecule has 2 N–H and O–H groups in total. The summed E-state index contributed by atoms with van der Waals surface area (Å²) in [5, 5.41) is 20.3. The number of amides is 2. The molecule has 3 aliphatic heterocycles. The van der Waals surface area contributed by atoms with Gasteiger partial charge in [-0.05, 0) is 38.7 Å². The summed E-state index contributed by atoms with van der Waals surface area (Å²) in [4.78, 5) is 28.1. The van der Waals surface area contributed by atoms with Crippen molar-refractivity contribution in [2.45, 2.75) is 51.2 Å². The van der Waals surface area contributed by atoms with Gasteiger partial charge in [-0.2, -0.15) is 0 Å². The summed E-state index contributed by atoms with van der Waals surface area (Å²) in [6.45, 7) is 2.43. The standard InChI is InChI=1S/C20H24N2O7/c1-11-7-14-19(29-17-5-3-4-6-28-17)22(20(25)26)13-9-15(23)16(27-2)8-12(13)18(24)21(14)10-11/h8-10,14,17,19,23H,3-7H2,1-2H3,(H,25,26)/t14-,17?,19?/m0/s1. The highest BCUT2D eigenvalue weighted by Gasteiger charge is 2.47. The molecule has 0 spiro atoms. The fourth-order valence-electron chi connectivity index (χ4n) is 4.14. The number of benzene rings is 1. The molecule has 3 aliphatic rings. The average molecular weight is 404 g/mol. The molecule has 1 aromatic carbocycles. The third-order valence-corrected chi connectivity index (χ3v) is 5.49. The van der Waals surface area contributed by atoms with Crippen LogP contribution in [0.3, 0.4) is 0 Å². The minimum atomic E-state index is -1.28. The largest absolute Gasteiger partial charge is 0.504 e. The average Bonchev–Trinajstić information content (AvgIpc) is 3.06. The van der Waals surface area contributed by atoms with Crippen molar-refractivity contribution >= 4 is 17.7 Å². The van der Waals surface area contributed by atoms with E-state index in [-0.39, 0.29) is 28.7 Å². The van der Waals surface area contributed by atoms with E-state index in [0.717, 1.165) is 23.3 Å². The number of anilines is 1. The first-order valence-corrected chi connectivity index (χ1v) is 9.61. The summed E-state index contributed by atoms with van der Waals surface area (Å²) < 4.78 is 16.9. The van der Waals surface area contributed by atoms with Gasteiger partial charge in [0.2, 0.25) is 0 Å². The number of methoxy groups -OCH3 is 1. The molecule has 0 radical (unpaired) electrons. The summed E-state index contributed by atoms with van der Waals surface area (Å²) in [5.41, 5.74) is 1.12. The molecule has 3 atom stereocenters. The van der Waals surface area contributed by atoms with Gasteiger partial charge in [-0.15, -0.1) is 0 Å². The molecule has 3 heterocycles. The Labute approximate surface area is 168 Å². The third kappa shape index (κ3) is 3.40. The summed E-state index contributed by atoms with van der Waals surface area (Å²) >= 11 is 0. The molecule has 4 rings (SSSR count). The second-order valence-corrected chi connectivity index (χ2v) is 7.48. The van der Waals surface area contributed by atoms with E-state index in [4.69, 9.17) is 14.2 Å². The highest BCUT2D eigenvalue weighted by molar-refractivity contribution is 6.06. The van der Waals surface area contributed by atoms with Crippen molar-refractivity contribution in [2.75, 3.05) is 18.6 Å². The van der Waals surface area contributed by atoms with Crippen LogP contribution in [0, 0.1) is 0 Å². The first-order valence-electron chi connectivity index (χ1n) is 9.61. The zero-order valence-corrected chi connectivity index (χ0v) is 16.3. The van der Waals surface area contributed by atoms with Gasteiger partial charge in [0.25, 0.3) is 5.91 Å². The van der Waals surface area contributed by atoms with Gasteiger partial charge in [0.15, 0.2) is 24.0 Å². The molecule has 9 heteroatoms. The molecule has 29 heavy (non-hydrogen) atoms. The molecule has 0 saturated carbocycles. The number of phenols is 1. The maximum atomic E-state index is 13.3. The number of carbonyl (C=O) groups excluding carboxylic acids is 1. The van der Waals surface area contributed by atoms with Gasteiger partial charge in [0, 0.05) is 18.9 Å². The monoisotopic (exact) mass is 404 g/mol. The second kappa shape index (κ2) is 7.57. The van der Waals surface area contributed by atoms with E-state index in [1.165, 1.54) is 24.1 Å². The van der Waals surface area contributed by atoms with Gasteiger partial charge in [0.05, 0.1) is 24.4 Å². The van der Waals surface area contributed by atoms with Gasteiger partial charge in [-0.25, -0.2) is 9.69 Å². The number of nitrogens with zero attached hydrogens (tertiary/aromatic N) is 2. The topological polar surface area (TPSA) is 109 Å². The van der Waals surface area contributed by atoms with Crippen LogP contribution in [-0.2, 0) is 9.47 Å². The molecule has 1 fully saturated rings. The molecule has 0 aromatic heterocycles. The maximum Gasteiger partial charge on any atom is 0.414 e. The summed E-state index contributed by atoms with van der Waals surface area (Å²) in [6, 6.07) is 2.06. The van der Waals surface area contributed by atoms with E-state index in [2.05, 4.69) is 0 Å². The molecular formula is C20H24N2O7. The Morgan fingerprint density at radius 1 is 1.31 bits per heavy atom. The van der Waals surface area contributed by atoms with Crippen LogP contribution in [0.4, 0.5) is 10.5 Å². The number of ether oxygens (including phenoxy) is 3. The van der Waals surface area contributed by atoms with Crippen molar-refractivity contribution in [2.24, 2.45) is 0 Å². The first-order chi connectivity index (χ1) is 13.9. The molecule has 2 amide bonds.